The van der Waals surface area contributed by atoms with Crippen molar-refractivity contribution in [2.75, 3.05) is 28.4 Å². The summed E-state index contributed by atoms with van der Waals surface area (Å²) < 4.78 is 50.9. The van der Waals surface area contributed by atoms with Gasteiger partial charge >= 0.3 is 0 Å². The van der Waals surface area contributed by atoms with Crippen molar-refractivity contribution < 1.29 is 27.4 Å². The van der Waals surface area contributed by atoms with E-state index in [-0.39, 0.29) is 13.1 Å². The Morgan fingerprint density at radius 2 is 1.20 bits per heavy atom. The topological polar surface area (TPSA) is 74.3 Å². The molecule has 35 heavy (non-hydrogen) atoms. The van der Waals surface area contributed by atoms with E-state index in [0.29, 0.717) is 35.8 Å². The summed E-state index contributed by atoms with van der Waals surface area (Å²) in [7, 11) is 2.53. The monoisotopic (exact) mass is 497 g/mol. The van der Waals surface area contributed by atoms with Gasteiger partial charge < -0.3 is 18.9 Å². The second-order valence-electron chi connectivity index (χ2n) is 8.49. The SMILES string of the molecule is COc1ccc(CN(Cc2ccc(OC)cc2OC)S(=O)(=O)C2(c3ccccc3)CC2)c(OC)c1. The van der Waals surface area contributed by atoms with Crippen LogP contribution in [0.4, 0.5) is 0 Å². The normalized spacial score (nSPS) is 14.4. The van der Waals surface area contributed by atoms with E-state index in [1.54, 1.807) is 52.7 Å². The molecule has 0 N–H and O–H groups in total. The fraction of sp³-hybridized carbons (Fsp3) is 0.333. The summed E-state index contributed by atoms with van der Waals surface area (Å²) in [5.41, 5.74) is 2.30. The average molecular weight is 498 g/mol. The lowest BCUT2D eigenvalue weighted by Crippen LogP contribution is -2.38. The highest BCUT2D eigenvalue weighted by molar-refractivity contribution is 7.90. The molecule has 4 rings (SSSR count). The molecule has 0 saturated heterocycles. The number of hydrogen-bond acceptors (Lipinski definition) is 6. The van der Waals surface area contributed by atoms with E-state index in [1.165, 1.54) is 4.31 Å². The highest BCUT2D eigenvalue weighted by Gasteiger charge is 2.58. The summed E-state index contributed by atoms with van der Waals surface area (Å²) in [5, 5.41) is 0. The molecule has 1 aliphatic carbocycles. The summed E-state index contributed by atoms with van der Waals surface area (Å²) >= 11 is 0. The van der Waals surface area contributed by atoms with Gasteiger partial charge in [-0.15, -0.1) is 0 Å². The summed E-state index contributed by atoms with van der Waals surface area (Å²) in [5.74, 6) is 2.41. The summed E-state index contributed by atoms with van der Waals surface area (Å²) in [6, 6.07) is 20.3. The zero-order valence-corrected chi connectivity index (χ0v) is 21.3. The number of ether oxygens (including phenoxy) is 4. The first-order valence-corrected chi connectivity index (χ1v) is 12.8. The van der Waals surface area contributed by atoms with Gasteiger partial charge in [0.05, 0.1) is 28.4 Å². The maximum Gasteiger partial charge on any atom is 0.224 e. The van der Waals surface area contributed by atoms with Crippen LogP contribution in [0.15, 0.2) is 66.7 Å². The fourth-order valence-electron chi connectivity index (χ4n) is 4.37. The molecule has 1 aliphatic rings. The Hall–Kier alpha value is -3.23. The minimum atomic E-state index is -3.76. The molecule has 3 aromatic rings. The van der Waals surface area contributed by atoms with Crippen LogP contribution in [0.25, 0.3) is 0 Å². The molecule has 0 aliphatic heterocycles. The summed E-state index contributed by atoms with van der Waals surface area (Å²) in [6.45, 7) is 0.276. The molecule has 1 fully saturated rings. The van der Waals surface area contributed by atoms with Crippen LogP contribution in [-0.4, -0.2) is 41.2 Å². The van der Waals surface area contributed by atoms with Gasteiger partial charge in [-0.05, 0) is 30.5 Å². The minimum absolute atomic E-state index is 0.138. The van der Waals surface area contributed by atoms with E-state index in [9.17, 15) is 8.42 Å². The first kappa shape index (κ1) is 24.9. The molecule has 7 nitrogen and oxygen atoms in total. The van der Waals surface area contributed by atoms with E-state index < -0.39 is 14.8 Å². The van der Waals surface area contributed by atoms with Gasteiger partial charge in [0.1, 0.15) is 27.7 Å². The smallest absolute Gasteiger partial charge is 0.224 e. The van der Waals surface area contributed by atoms with Gasteiger partial charge in [-0.2, -0.15) is 4.31 Å². The van der Waals surface area contributed by atoms with Crippen molar-refractivity contribution in [3.8, 4) is 23.0 Å². The lowest BCUT2D eigenvalue weighted by atomic mass is 10.1. The van der Waals surface area contributed by atoms with E-state index in [4.69, 9.17) is 18.9 Å². The van der Waals surface area contributed by atoms with Crippen LogP contribution >= 0.6 is 0 Å². The number of sulfonamides is 1. The maximum atomic E-state index is 14.3. The predicted octanol–water partition coefficient (Wildman–Crippen LogP) is 4.74. The Balaban J connectivity index is 1.77. The fourth-order valence-corrected chi connectivity index (χ4v) is 6.53. The summed E-state index contributed by atoms with van der Waals surface area (Å²) in [4.78, 5) is 0. The first-order chi connectivity index (χ1) is 16.9. The highest BCUT2D eigenvalue weighted by Crippen LogP contribution is 2.54. The van der Waals surface area contributed by atoms with Crippen molar-refractivity contribution in [2.24, 2.45) is 0 Å². The van der Waals surface area contributed by atoms with Crippen molar-refractivity contribution in [1.82, 2.24) is 4.31 Å². The van der Waals surface area contributed by atoms with E-state index in [1.807, 2.05) is 42.5 Å². The predicted molar refractivity (Wildman–Crippen MR) is 135 cm³/mol. The van der Waals surface area contributed by atoms with E-state index in [0.717, 1.165) is 16.7 Å². The molecule has 186 valence electrons. The molecule has 1 saturated carbocycles. The first-order valence-electron chi connectivity index (χ1n) is 11.4. The Kier molecular flexibility index (Phi) is 7.23. The van der Waals surface area contributed by atoms with Crippen molar-refractivity contribution in [3.63, 3.8) is 0 Å². The van der Waals surface area contributed by atoms with Crippen LogP contribution < -0.4 is 18.9 Å². The van der Waals surface area contributed by atoms with Crippen LogP contribution in [0.5, 0.6) is 23.0 Å². The third kappa shape index (κ3) is 4.81. The zero-order chi connectivity index (χ0) is 25.1. The second-order valence-corrected chi connectivity index (χ2v) is 10.7. The Morgan fingerprint density at radius 1 is 0.714 bits per heavy atom. The van der Waals surface area contributed by atoms with Gasteiger partial charge in [-0.25, -0.2) is 8.42 Å². The maximum absolute atomic E-state index is 14.3. The lowest BCUT2D eigenvalue weighted by Gasteiger charge is -2.29. The van der Waals surface area contributed by atoms with Crippen molar-refractivity contribution in [2.45, 2.75) is 30.7 Å². The molecular formula is C27H31NO6S. The molecule has 0 atom stereocenters. The number of methoxy groups -OCH3 is 4. The molecular weight excluding hydrogens is 466 g/mol. The molecule has 0 amide bonds. The molecule has 3 aromatic carbocycles. The van der Waals surface area contributed by atoms with Gasteiger partial charge in [-0.3, -0.25) is 0 Å². The van der Waals surface area contributed by atoms with Gasteiger partial charge in [0.25, 0.3) is 0 Å². The average Bonchev–Trinajstić information content (AvgIpc) is 3.72. The molecule has 0 aromatic heterocycles. The Labute approximate surface area is 207 Å². The van der Waals surface area contributed by atoms with Gasteiger partial charge in [0.15, 0.2) is 0 Å². The third-order valence-electron chi connectivity index (χ3n) is 6.52. The minimum Gasteiger partial charge on any atom is -0.497 e. The number of benzene rings is 3. The largest absolute Gasteiger partial charge is 0.497 e. The van der Waals surface area contributed by atoms with E-state index >= 15 is 0 Å². The number of nitrogens with zero attached hydrogens (tertiary/aromatic N) is 1. The van der Waals surface area contributed by atoms with Crippen LogP contribution in [0, 0.1) is 0 Å². The molecule has 0 radical (unpaired) electrons. The van der Waals surface area contributed by atoms with E-state index in [2.05, 4.69) is 0 Å². The number of rotatable bonds is 11. The third-order valence-corrected chi connectivity index (χ3v) is 9.09. The number of hydrogen-bond donors (Lipinski definition) is 0. The van der Waals surface area contributed by atoms with Crippen molar-refractivity contribution >= 4 is 10.0 Å². The lowest BCUT2D eigenvalue weighted by molar-refractivity contribution is 0.354. The van der Waals surface area contributed by atoms with Crippen molar-refractivity contribution in [1.29, 1.82) is 0 Å². The van der Waals surface area contributed by atoms with Gasteiger partial charge in [0, 0.05) is 36.3 Å². The molecule has 0 spiro atoms. The Bertz CT molecular complexity index is 1210. The standard InChI is InChI=1S/C27H31NO6S/c1-31-23-12-10-20(25(16-23)33-3)18-28(19-21-11-13-24(32-2)17-26(21)34-4)35(29,30)27(14-15-27)22-8-6-5-7-9-22/h5-13,16-17H,14-15,18-19H2,1-4H3. The Morgan fingerprint density at radius 3 is 1.60 bits per heavy atom. The molecule has 8 heteroatoms. The quantitative estimate of drug-likeness (QED) is 0.381. The van der Waals surface area contributed by atoms with Crippen LogP contribution in [-0.2, 0) is 27.9 Å². The van der Waals surface area contributed by atoms with Gasteiger partial charge in [-0.1, -0.05) is 42.5 Å². The zero-order valence-electron chi connectivity index (χ0n) is 20.5. The van der Waals surface area contributed by atoms with Crippen LogP contribution in [0.3, 0.4) is 0 Å². The van der Waals surface area contributed by atoms with Crippen molar-refractivity contribution in [3.05, 3.63) is 83.4 Å². The van der Waals surface area contributed by atoms with Crippen LogP contribution in [0.2, 0.25) is 0 Å². The highest BCUT2D eigenvalue weighted by atomic mass is 32.2. The second kappa shape index (κ2) is 10.2. The summed E-state index contributed by atoms with van der Waals surface area (Å²) in [6.07, 6.45) is 1.16. The molecule has 0 unspecified atom stereocenters. The molecule has 0 bridgehead atoms. The van der Waals surface area contributed by atoms with Gasteiger partial charge in [0.2, 0.25) is 10.0 Å². The van der Waals surface area contributed by atoms with Crippen LogP contribution in [0.1, 0.15) is 29.5 Å². The molecule has 0 heterocycles.